The van der Waals surface area contributed by atoms with Gasteiger partial charge in [-0.3, -0.25) is 0 Å². The molecule has 0 radical (unpaired) electrons. The highest BCUT2D eigenvalue weighted by Crippen LogP contribution is 2.24. The summed E-state index contributed by atoms with van der Waals surface area (Å²) in [5, 5.41) is 4.43. The summed E-state index contributed by atoms with van der Waals surface area (Å²) < 4.78 is 7.85. The molecule has 1 unspecified atom stereocenters. The summed E-state index contributed by atoms with van der Waals surface area (Å²) in [5.41, 5.74) is 2.54. The fourth-order valence-corrected chi connectivity index (χ4v) is 2.46. The molecule has 1 aliphatic rings. The van der Waals surface area contributed by atoms with Gasteiger partial charge >= 0.3 is 0 Å². The lowest BCUT2D eigenvalue weighted by atomic mass is 10.1. The molecule has 0 saturated carbocycles. The van der Waals surface area contributed by atoms with Crippen LogP contribution in [0.25, 0.3) is 0 Å². The Bertz CT molecular complexity index is 486. The van der Waals surface area contributed by atoms with Crippen LogP contribution in [0.5, 0.6) is 0 Å². The van der Waals surface area contributed by atoms with Gasteiger partial charge in [-0.2, -0.15) is 5.10 Å². The minimum atomic E-state index is 0.132. The fraction of sp³-hybridized carbons (Fsp3) is 0.400. The molecule has 0 amide bonds. The van der Waals surface area contributed by atoms with Gasteiger partial charge in [-0.1, -0.05) is 30.3 Å². The van der Waals surface area contributed by atoms with E-state index in [1.807, 2.05) is 16.9 Å². The number of hydrogen-bond acceptors (Lipinski definition) is 2. The Hall–Kier alpha value is -1.61. The van der Waals surface area contributed by atoms with Crippen molar-refractivity contribution in [2.24, 2.45) is 0 Å². The second-order valence-corrected chi connectivity index (χ2v) is 4.75. The minimum absolute atomic E-state index is 0.132. The van der Waals surface area contributed by atoms with Gasteiger partial charge in [0.25, 0.3) is 0 Å². The summed E-state index contributed by atoms with van der Waals surface area (Å²) >= 11 is 0. The molecule has 94 valence electrons. The smallest absolute Gasteiger partial charge is 0.150 e. The van der Waals surface area contributed by atoms with Gasteiger partial charge in [0.2, 0.25) is 0 Å². The number of hydrogen-bond donors (Lipinski definition) is 0. The fourth-order valence-electron chi connectivity index (χ4n) is 2.46. The molecule has 2 aromatic rings. The number of benzene rings is 1. The normalized spacial score (nSPS) is 19.9. The molecule has 1 aromatic heterocycles. The van der Waals surface area contributed by atoms with E-state index in [-0.39, 0.29) is 6.23 Å². The van der Waals surface area contributed by atoms with Crippen molar-refractivity contribution in [2.75, 3.05) is 6.61 Å². The van der Waals surface area contributed by atoms with Gasteiger partial charge in [0.1, 0.15) is 6.23 Å². The molecule has 1 atom stereocenters. The molecule has 1 aromatic carbocycles. The summed E-state index contributed by atoms with van der Waals surface area (Å²) in [6, 6.07) is 12.6. The van der Waals surface area contributed by atoms with Crippen molar-refractivity contribution in [1.82, 2.24) is 9.78 Å². The topological polar surface area (TPSA) is 27.1 Å². The minimum Gasteiger partial charge on any atom is -0.357 e. The van der Waals surface area contributed by atoms with Crippen LogP contribution in [-0.4, -0.2) is 16.4 Å². The van der Waals surface area contributed by atoms with Crippen LogP contribution in [0.3, 0.4) is 0 Å². The molecule has 1 aliphatic heterocycles. The number of aromatic nitrogens is 2. The quantitative estimate of drug-likeness (QED) is 0.826. The number of ether oxygens (including phenoxy) is 1. The van der Waals surface area contributed by atoms with Crippen molar-refractivity contribution < 1.29 is 4.74 Å². The zero-order valence-corrected chi connectivity index (χ0v) is 10.5. The lowest BCUT2D eigenvalue weighted by Crippen LogP contribution is -2.21. The molecule has 0 bridgehead atoms. The monoisotopic (exact) mass is 242 g/mol. The average Bonchev–Trinajstić information content (AvgIpc) is 2.89. The third-order valence-electron chi connectivity index (χ3n) is 3.41. The predicted molar refractivity (Wildman–Crippen MR) is 70.3 cm³/mol. The SMILES string of the molecule is c1ccc(Cc2ccnn2C2CCCCO2)cc1. The first-order valence-electron chi connectivity index (χ1n) is 6.61. The molecule has 2 heterocycles. The van der Waals surface area contributed by atoms with Crippen LogP contribution < -0.4 is 0 Å². The Balaban J connectivity index is 1.78. The highest BCUT2D eigenvalue weighted by Gasteiger charge is 2.18. The zero-order chi connectivity index (χ0) is 12.2. The van der Waals surface area contributed by atoms with E-state index in [2.05, 4.69) is 35.4 Å². The van der Waals surface area contributed by atoms with Gasteiger partial charge in [0.05, 0.1) is 0 Å². The summed E-state index contributed by atoms with van der Waals surface area (Å²) in [5.74, 6) is 0. The lowest BCUT2D eigenvalue weighted by molar-refractivity contribution is -0.0409. The summed E-state index contributed by atoms with van der Waals surface area (Å²) in [4.78, 5) is 0. The Morgan fingerprint density at radius 1 is 1.17 bits per heavy atom. The van der Waals surface area contributed by atoms with Crippen molar-refractivity contribution in [3.05, 3.63) is 53.9 Å². The molecule has 1 fully saturated rings. The lowest BCUT2D eigenvalue weighted by Gasteiger charge is -2.24. The summed E-state index contributed by atoms with van der Waals surface area (Å²) in [6.45, 7) is 0.856. The van der Waals surface area contributed by atoms with E-state index in [1.165, 1.54) is 24.1 Å². The van der Waals surface area contributed by atoms with Crippen molar-refractivity contribution in [1.29, 1.82) is 0 Å². The number of rotatable bonds is 3. The third kappa shape index (κ3) is 2.46. The molecular weight excluding hydrogens is 224 g/mol. The standard InChI is InChI=1S/C15H18N2O/c1-2-6-13(7-3-1)12-14-9-10-16-17(14)15-8-4-5-11-18-15/h1-3,6-7,9-10,15H,4-5,8,11-12H2. The van der Waals surface area contributed by atoms with E-state index in [4.69, 9.17) is 4.74 Å². The molecular formula is C15H18N2O. The van der Waals surface area contributed by atoms with Crippen LogP contribution >= 0.6 is 0 Å². The van der Waals surface area contributed by atoms with Gasteiger partial charge in [0, 0.05) is 24.9 Å². The predicted octanol–water partition coefficient (Wildman–Crippen LogP) is 3.17. The van der Waals surface area contributed by atoms with Crippen molar-refractivity contribution >= 4 is 0 Å². The Kier molecular flexibility index (Phi) is 3.42. The highest BCUT2D eigenvalue weighted by atomic mass is 16.5. The molecule has 0 N–H and O–H groups in total. The maximum atomic E-state index is 5.80. The second kappa shape index (κ2) is 5.36. The maximum Gasteiger partial charge on any atom is 0.150 e. The molecule has 3 nitrogen and oxygen atoms in total. The third-order valence-corrected chi connectivity index (χ3v) is 3.41. The molecule has 18 heavy (non-hydrogen) atoms. The van der Waals surface area contributed by atoms with E-state index in [1.54, 1.807) is 0 Å². The van der Waals surface area contributed by atoms with Gasteiger partial charge in [-0.25, -0.2) is 4.68 Å². The van der Waals surface area contributed by atoms with Gasteiger partial charge < -0.3 is 4.74 Å². The van der Waals surface area contributed by atoms with Gasteiger partial charge in [-0.15, -0.1) is 0 Å². The number of nitrogens with zero attached hydrogens (tertiary/aromatic N) is 2. The Morgan fingerprint density at radius 2 is 2.06 bits per heavy atom. The molecule has 0 spiro atoms. The van der Waals surface area contributed by atoms with Gasteiger partial charge in [0.15, 0.2) is 0 Å². The van der Waals surface area contributed by atoms with Crippen molar-refractivity contribution in [3.63, 3.8) is 0 Å². The van der Waals surface area contributed by atoms with E-state index >= 15 is 0 Å². The summed E-state index contributed by atoms with van der Waals surface area (Å²) in [6.07, 6.45) is 6.40. The van der Waals surface area contributed by atoms with Crippen LogP contribution in [0, 0.1) is 0 Å². The van der Waals surface area contributed by atoms with Crippen molar-refractivity contribution in [3.8, 4) is 0 Å². The van der Waals surface area contributed by atoms with Crippen LogP contribution in [-0.2, 0) is 11.2 Å². The van der Waals surface area contributed by atoms with Gasteiger partial charge in [-0.05, 0) is 30.9 Å². The first-order chi connectivity index (χ1) is 8.93. The Morgan fingerprint density at radius 3 is 2.83 bits per heavy atom. The molecule has 3 rings (SSSR count). The van der Waals surface area contributed by atoms with Crippen molar-refractivity contribution in [2.45, 2.75) is 31.9 Å². The largest absolute Gasteiger partial charge is 0.357 e. The van der Waals surface area contributed by atoms with Crippen LogP contribution in [0.2, 0.25) is 0 Å². The molecule has 3 heteroatoms. The Labute approximate surface area is 107 Å². The highest BCUT2D eigenvalue weighted by molar-refractivity contribution is 5.21. The second-order valence-electron chi connectivity index (χ2n) is 4.75. The van der Waals surface area contributed by atoms with Crippen LogP contribution in [0.1, 0.15) is 36.7 Å². The maximum absolute atomic E-state index is 5.80. The van der Waals surface area contributed by atoms with E-state index in [0.717, 1.165) is 19.4 Å². The first kappa shape index (κ1) is 11.5. The molecule has 1 saturated heterocycles. The molecule has 0 aliphatic carbocycles. The zero-order valence-electron chi connectivity index (χ0n) is 10.5. The van der Waals surface area contributed by atoms with Crippen LogP contribution in [0.4, 0.5) is 0 Å². The van der Waals surface area contributed by atoms with E-state index in [9.17, 15) is 0 Å². The van der Waals surface area contributed by atoms with E-state index in [0.29, 0.717) is 0 Å². The average molecular weight is 242 g/mol. The van der Waals surface area contributed by atoms with E-state index < -0.39 is 0 Å². The first-order valence-corrected chi connectivity index (χ1v) is 6.61. The summed E-state index contributed by atoms with van der Waals surface area (Å²) in [7, 11) is 0. The van der Waals surface area contributed by atoms with Crippen LogP contribution in [0.15, 0.2) is 42.6 Å².